The number of amides is 2. The zero-order valence-corrected chi connectivity index (χ0v) is 17.2. The van der Waals surface area contributed by atoms with Crippen LogP contribution in [-0.4, -0.2) is 11.8 Å². The summed E-state index contributed by atoms with van der Waals surface area (Å²) in [6, 6.07) is 21.7. The molecule has 0 radical (unpaired) electrons. The normalized spacial score (nSPS) is 11.6. The molecule has 0 saturated heterocycles. The third-order valence-corrected chi connectivity index (χ3v) is 4.85. The lowest BCUT2D eigenvalue weighted by Crippen LogP contribution is -2.31. The molecular formula is C24H23ClN2O2. The number of benzene rings is 3. The Kier molecular flexibility index (Phi) is 6.68. The summed E-state index contributed by atoms with van der Waals surface area (Å²) in [5.41, 5.74) is 4.13. The van der Waals surface area contributed by atoms with Gasteiger partial charge in [-0.2, -0.15) is 0 Å². The zero-order valence-electron chi connectivity index (χ0n) is 16.4. The highest BCUT2D eigenvalue weighted by atomic mass is 35.5. The van der Waals surface area contributed by atoms with Gasteiger partial charge in [-0.25, -0.2) is 0 Å². The van der Waals surface area contributed by atoms with Crippen molar-refractivity contribution in [1.82, 2.24) is 5.32 Å². The highest BCUT2D eigenvalue weighted by Gasteiger charge is 2.20. The van der Waals surface area contributed by atoms with Crippen LogP contribution < -0.4 is 10.6 Å². The highest BCUT2D eigenvalue weighted by Crippen LogP contribution is 2.21. The van der Waals surface area contributed by atoms with E-state index < -0.39 is 6.04 Å². The van der Waals surface area contributed by atoms with Crippen molar-refractivity contribution in [2.24, 2.45) is 0 Å². The largest absolute Gasteiger partial charge is 0.345 e. The molecule has 5 heteroatoms. The smallest absolute Gasteiger partial charge is 0.253 e. The molecule has 0 aromatic heterocycles. The van der Waals surface area contributed by atoms with Crippen molar-refractivity contribution >= 4 is 29.1 Å². The van der Waals surface area contributed by atoms with Gasteiger partial charge in [0.25, 0.3) is 5.91 Å². The summed E-state index contributed by atoms with van der Waals surface area (Å²) in [5, 5.41) is 6.25. The van der Waals surface area contributed by atoms with Crippen molar-refractivity contribution < 1.29 is 9.59 Å². The molecule has 3 aromatic carbocycles. The first kappa shape index (κ1) is 20.6. The lowest BCUT2D eigenvalue weighted by atomic mass is 10.0. The van der Waals surface area contributed by atoms with Gasteiger partial charge in [-0.1, -0.05) is 60.1 Å². The van der Waals surface area contributed by atoms with Crippen molar-refractivity contribution in [3.8, 4) is 0 Å². The molecule has 0 unspecified atom stereocenters. The predicted molar refractivity (Wildman–Crippen MR) is 117 cm³/mol. The molecular weight excluding hydrogens is 384 g/mol. The first-order chi connectivity index (χ1) is 13.9. The summed E-state index contributed by atoms with van der Waals surface area (Å²) in [4.78, 5) is 25.5. The Morgan fingerprint density at radius 2 is 1.52 bits per heavy atom. The SMILES string of the molecule is Cc1cc(C)cc(NC(=O)C[C@H](NC(=O)c2ccccc2Cl)c2ccccc2)c1. The molecule has 0 bridgehead atoms. The maximum atomic E-state index is 12.8. The fraction of sp³-hybridized carbons (Fsp3) is 0.167. The van der Waals surface area contributed by atoms with Crippen LogP contribution in [0.5, 0.6) is 0 Å². The van der Waals surface area contributed by atoms with Gasteiger partial charge in [0, 0.05) is 5.69 Å². The molecule has 1 atom stereocenters. The molecule has 148 valence electrons. The van der Waals surface area contributed by atoms with Gasteiger partial charge < -0.3 is 10.6 Å². The Hall–Kier alpha value is -3.11. The van der Waals surface area contributed by atoms with Crippen LogP contribution in [0.2, 0.25) is 5.02 Å². The molecule has 0 heterocycles. The third kappa shape index (κ3) is 5.69. The number of aryl methyl sites for hydroxylation is 2. The number of rotatable bonds is 6. The molecule has 0 aliphatic heterocycles. The fourth-order valence-electron chi connectivity index (χ4n) is 3.26. The summed E-state index contributed by atoms with van der Waals surface area (Å²) >= 11 is 6.15. The lowest BCUT2D eigenvalue weighted by Gasteiger charge is -2.20. The van der Waals surface area contributed by atoms with E-state index >= 15 is 0 Å². The summed E-state index contributed by atoms with van der Waals surface area (Å²) in [6.45, 7) is 3.97. The molecule has 4 nitrogen and oxygen atoms in total. The quantitative estimate of drug-likeness (QED) is 0.571. The molecule has 0 fully saturated rings. The number of nitrogens with one attached hydrogen (secondary N) is 2. The van der Waals surface area contributed by atoms with Gasteiger partial charge in [-0.15, -0.1) is 0 Å². The van der Waals surface area contributed by atoms with Crippen LogP contribution in [0.25, 0.3) is 0 Å². The van der Waals surface area contributed by atoms with Crippen LogP contribution in [0.1, 0.15) is 39.5 Å². The van der Waals surface area contributed by atoms with Crippen LogP contribution in [0.3, 0.4) is 0 Å². The number of halogens is 1. The van der Waals surface area contributed by atoms with Gasteiger partial charge in [-0.3, -0.25) is 9.59 Å². The van der Waals surface area contributed by atoms with E-state index in [1.165, 1.54) is 0 Å². The number of hydrogen-bond donors (Lipinski definition) is 2. The lowest BCUT2D eigenvalue weighted by molar-refractivity contribution is -0.116. The van der Waals surface area contributed by atoms with E-state index in [1.54, 1.807) is 24.3 Å². The molecule has 0 aliphatic rings. The minimum atomic E-state index is -0.481. The van der Waals surface area contributed by atoms with E-state index in [1.807, 2.05) is 62.4 Å². The first-order valence-electron chi connectivity index (χ1n) is 9.41. The molecule has 2 N–H and O–H groups in total. The van der Waals surface area contributed by atoms with E-state index in [2.05, 4.69) is 10.6 Å². The first-order valence-corrected chi connectivity index (χ1v) is 9.78. The summed E-state index contributed by atoms with van der Waals surface area (Å²) < 4.78 is 0. The van der Waals surface area contributed by atoms with Crippen molar-refractivity contribution in [2.75, 3.05) is 5.32 Å². The maximum Gasteiger partial charge on any atom is 0.253 e. The Morgan fingerprint density at radius 3 is 2.17 bits per heavy atom. The summed E-state index contributed by atoms with van der Waals surface area (Å²) in [5.74, 6) is -0.494. The highest BCUT2D eigenvalue weighted by molar-refractivity contribution is 6.33. The van der Waals surface area contributed by atoms with Gasteiger partial charge in [0.15, 0.2) is 0 Å². The van der Waals surface area contributed by atoms with Crippen molar-refractivity contribution in [2.45, 2.75) is 26.3 Å². The second kappa shape index (κ2) is 9.39. The van der Waals surface area contributed by atoms with Crippen LogP contribution in [0.15, 0.2) is 72.8 Å². The Balaban J connectivity index is 1.78. The van der Waals surface area contributed by atoms with Crippen molar-refractivity contribution in [3.63, 3.8) is 0 Å². The molecule has 0 aliphatic carbocycles. The molecule has 2 amide bonds. The van der Waals surface area contributed by atoms with Crippen molar-refractivity contribution in [3.05, 3.63) is 100 Å². The topological polar surface area (TPSA) is 58.2 Å². The molecule has 3 rings (SSSR count). The van der Waals surface area contributed by atoms with E-state index in [0.29, 0.717) is 10.6 Å². The van der Waals surface area contributed by atoms with Crippen LogP contribution in [0, 0.1) is 13.8 Å². The second-order valence-corrected chi connectivity index (χ2v) is 7.45. The minimum absolute atomic E-state index is 0.104. The van der Waals surface area contributed by atoms with Crippen LogP contribution >= 0.6 is 11.6 Å². The number of carbonyl (C=O) groups is 2. The van der Waals surface area contributed by atoms with Crippen molar-refractivity contribution in [1.29, 1.82) is 0 Å². The van der Waals surface area contributed by atoms with Gasteiger partial charge in [0.1, 0.15) is 0 Å². The number of anilines is 1. The summed E-state index contributed by atoms with van der Waals surface area (Å²) in [6.07, 6.45) is 0.104. The van der Waals surface area contributed by atoms with Gasteiger partial charge in [0.05, 0.1) is 23.0 Å². The Bertz CT molecular complexity index is 998. The van der Waals surface area contributed by atoms with E-state index in [9.17, 15) is 9.59 Å². The monoisotopic (exact) mass is 406 g/mol. The molecule has 29 heavy (non-hydrogen) atoms. The van der Waals surface area contributed by atoms with Gasteiger partial charge in [-0.05, 0) is 54.8 Å². The Labute approximate surface area is 175 Å². The average molecular weight is 407 g/mol. The molecule has 0 spiro atoms. The van der Waals surface area contributed by atoms with Crippen LogP contribution in [0.4, 0.5) is 5.69 Å². The maximum absolute atomic E-state index is 12.8. The standard InChI is InChI=1S/C24H23ClN2O2/c1-16-12-17(2)14-19(13-16)26-23(28)15-22(18-8-4-3-5-9-18)27-24(29)20-10-6-7-11-21(20)25/h3-14,22H,15H2,1-2H3,(H,26,28)(H,27,29)/t22-/m0/s1. The fourth-order valence-corrected chi connectivity index (χ4v) is 3.48. The average Bonchev–Trinajstić information content (AvgIpc) is 2.67. The number of hydrogen-bond acceptors (Lipinski definition) is 2. The van der Waals surface area contributed by atoms with E-state index in [4.69, 9.17) is 11.6 Å². The van der Waals surface area contributed by atoms with E-state index in [0.717, 1.165) is 22.4 Å². The van der Waals surface area contributed by atoms with E-state index in [-0.39, 0.29) is 18.2 Å². The molecule has 0 saturated carbocycles. The predicted octanol–water partition coefficient (Wildman–Crippen LogP) is 5.46. The minimum Gasteiger partial charge on any atom is -0.345 e. The molecule has 3 aromatic rings. The summed E-state index contributed by atoms with van der Waals surface area (Å²) in [7, 11) is 0. The third-order valence-electron chi connectivity index (χ3n) is 4.52. The van der Waals surface area contributed by atoms with Gasteiger partial charge >= 0.3 is 0 Å². The van der Waals surface area contributed by atoms with Crippen LogP contribution in [-0.2, 0) is 4.79 Å². The number of carbonyl (C=O) groups excluding carboxylic acids is 2. The Morgan fingerprint density at radius 1 is 0.897 bits per heavy atom. The second-order valence-electron chi connectivity index (χ2n) is 7.05. The zero-order chi connectivity index (χ0) is 20.8. The van der Waals surface area contributed by atoms with Gasteiger partial charge in [0.2, 0.25) is 5.91 Å².